The summed E-state index contributed by atoms with van der Waals surface area (Å²) in [4.78, 5) is 21.7. The third-order valence-electron chi connectivity index (χ3n) is 3.97. The van der Waals surface area contributed by atoms with Crippen molar-refractivity contribution in [2.75, 3.05) is 33.2 Å². The fraction of sp³-hybridized carbons (Fsp3) is 0.467. The van der Waals surface area contributed by atoms with Crippen LogP contribution in [0.25, 0.3) is 0 Å². The zero-order valence-corrected chi connectivity index (χ0v) is 12.0. The molecule has 2 aliphatic rings. The van der Waals surface area contributed by atoms with Crippen LogP contribution in [0.15, 0.2) is 29.4 Å². The lowest BCUT2D eigenvalue weighted by Crippen LogP contribution is -2.50. The average molecular weight is 289 g/mol. The molecule has 1 atom stereocenters. The number of nitrogens with zero attached hydrogens (tertiary/aromatic N) is 3. The Morgan fingerprint density at radius 3 is 2.71 bits per heavy atom. The summed E-state index contributed by atoms with van der Waals surface area (Å²) in [6.07, 6.45) is -0.161. The second-order valence-electron chi connectivity index (χ2n) is 5.48. The van der Waals surface area contributed by atoms with Gasteiger partial charge in [-0.15, -0.1) is 0 Å². The van der Waals surface area contributed by atoms with Gasteiger partial charge in [-0.2, -0.15) is 0 Å². The number of aromatic hydroxyl groups is 1. The van der Waals surface area contributed by atoms with E-state index in [2.05, 4.69) is 10.1 Å². The van der Waals surface area contributed by atoms with Crippen molar-refractivity contribution < 1.29 is 14.7 Å². The van der Waals surface area contributed by atoms with Crippen molar-refractivity contribution in [3.63, 3.8) is 0 Å². The van der Waals surface area contributed by atoms with E-state index in [-0.39, 0.29) is 11.7 Å². The van der Waals surface area contributed by atoms with Crippen LogP contribution in [0.1, 0.15) is 12.0 Å². The van der Waals surface area contributed by atoms with Crippen LogP contribution in [0, 0.1) is 0 Å². The summed E-state index contributed by atoms with van der Waals surface area (Å²) < 4.78 is 0. The summed E-state index contributed by atoms with van der Waals surface area (Å²) in [6.45, 7) is 3.21. The van der Waals surface area contributed by atoms with Gasteiger partial charge in [-0.1, -0.05) is 17.3 Å². The smallest absolute Gasteiger partial charge is 0.266 e. The molecule has 0 unspecified atom stereocenters. The van der Waals surface area contributed by atoms with E-state index >= 15 is 0 Å². The van der Waals surface area contributed by atoms with E-state index < -0.39 is 6.10 Å². The lowest BCUT2D eigenvalue weighted by atomic mass is 10.0. The van der Waals surface area contributed by atoms with Crippen LogP contribution in [-0.4, -0.2) is 65.9 Å². The lowest BCUT2D eigenvalue weighted by Gasteiger charge is -2.33. The van der Waals surface area contributed by atoms with Crippen molar-refractivity contribution in [1.29, 1.82) is 0 Å². The Morgan fingerprint density at radius 2 is 2.00 bits per heavy atom. The number of hydrogen-bond donors (Lipinski definition) is 1. The Balaban J connectivity index is 1.64. The first-order chi connectivity index (χ1) is 10.1. The molecule has 6 heteroatoms. The molecule has 0 aromatic heterocycles. The molecule has 0 radical (unpaired) electrons. The van der Waals surface area contributed by atoms with Crippen LogP contribution >= 0.6 is 0 Å². The van der Waals surface area contributed by atoms with Crippen molar-refractivity contribution >= 4 is 11.6 Å². The fourth-order valence-corrected chi connectivity index (χ4v) is 2.62. The molecule has 0 bridgehead atoms. The molecule has 1 amide bonds. The maximum Gasteiger partial charge on any atom is 0.266 e. The van der Waals surface area contributed by atoms with E-state index in [0.717, 1.165) is 26.2 Å². The largest absolute Gasteiger partial charge is 0.507 e. The molecule has 0 saturated carbocycles. The van der Waals surface area contributed by atoms with Gasteiger partial charge in [0.15, 0.2) is 0 Å². The Morgan fingerprint density at radius 1 is 1.29 bits per heavy atom. The molecule has 2 aliphatic heterocycles. The van der Waals surface area contributed by atoms with Crippen molar-refractivity contribution in [2.24, 2.45) is 5.16 Å². The van der Waals surface area contributed by atoms with Gasteiger partial charge in [-0.05, 0) is 19.2 Å². The first-order valence-electron chi connectivity index (χ1n) is 7.13. The standard InChI is InChI=1S/C15H19N3O3/c1-17-6-8-18(9-7-17)15(20)14-10-12(16-21-14)11-4-2-3-5-13(11)19/h2-5,14,19H,6-10H2,1H3/t14-/m0/s1. The number of phenols is 1. The maximum atomic E-state index is 12.4. The predicted molar refractivity (Wildman–Crippen MR) is 78.2 cm³/mol. The highest BCUT2D eigenvalue weighted by molar-refractivity contribution is 6.05. The number of carbonyl (C=O) groups excluding carboxylic acids is 1. The van der Waals surface area contributed by atoms with E-state index in [9.17, 15) is 9.90 Å². The second-order valence-corrected chi connectivity index (χ2v) is 5.48. The molecular formula is C15H19N3O3. The number of amides is 1. The number of para-hydroxylation sites is 1. The van der Waals surface area contributed by atoms with Gasteiger partial charge >= 0.3 is 0 Å². The first kappa shape index (κ1) is 13.9. The van der Waals surface area contributed by atoms with Crippen LogP contribution in [0.5, 0.6) is 5.75 Å². The molecule has 6 nitrogen and oxygen atoms in total. The summed E-state index contributed by atoms with van der Waals surface area (Å²) >= 11 is 0. The quantitative estimate of drug-likeness (QED) is 0.868. The number of oxime groups is 1. The molecule has 21 heavy (non-hydrogen) atoms. The van der Waals surface area contributed by atoms with Gasteiger partial charge in [0.05, 0.1) is 5.71 Å². The molecule has 1 N–H and O–H groups in total. The van der Waals surface area contributed by atoms with Gasteiger partial charge in [-0.25, -0.2) is 0 Å². The van der Waals surface area contributed by atoms with E-state index in [1.807, 2.05) is 18.0 Å². The average Bonchev–Trinajstić information content (AvgIpc) is 2.97. The maximum absolute atomic E-state index is 12.4. The van der Waals surface area contributed by atoms with Gasteiger partial charge in [0.1, 0.15) is 5.75 Å². The van der Waals surface area contributed by atoms with Crippen LogP contribution in [0.3, 0.4) is 0 Å². The molecule has 0 spiro atoms. The lowest BCUT2D eigenvalue weighted by molar-refractivity contribution is -0.143. The highest BCUT2D eigenvalue weighted by Crippen LogP contribution is 2.24. The number of phenolic OH excluding ortho intramolecular Hbond substituents is 1. The Hall–Kier alpha value is -2.08. The van der Waals surface area contributed by atoms with Gasteiger partial charge < -0.3 is 19.7 Å². The Kier molecular flexibility index (Phi) is 3.79. The molecule has 1 aromatic rings. The van der Waals surface area contributed by atoms with E-state index in [4.69, 9.17) is 4.84 Å². The molecule has 0 aliphatic carbocycles. The van der Waals surface area contributed by atoms with Crippen molar-refractivity contribution in [3.05, 3.63) is 29.8 Å². The molecule has 3 rings (SSSR count). The van der Waals surface area contributed by atoms with Crippen molar-refractivity contribution in [1.82, 2.24) is 9.80 Å². The zero-order valence-electron chi connectivity index (χ0n) is 12.0. The summed E-state index contributed by atoms with van der Waals surface area (Å²) in [7, 11) is 2.05. The summed E-state index contributed by atoms with van der Waals surface area (Å²) in [6, 6.07) is 6.96. The SMILES string of the molecule is CN1CCN(C(=O)[C@@H]2CC(c3ccccc3O)=NO2)CC1. The molecule has 1 aromatic carbocycles. The number of hydrogen-bond acceptors (Lipinski definition) is 5. The molecule has 2 heterocycles. The van der Waals surface area contributed by atoms with Gasteiger partial charge in [0, 0.05) is 38.2 Å². The normalized spacial score (nSPS) is 22.8. The molecule has 1 saturated heterocycles. The van der Waals surface area contributed by atoms with E-state index in [0.29, 0.717) is 17.7 Å². The van der Waals surface area contributed by atoms with E-state index in [1.54, 1.807) is 18.2 Å². The summed E-state index contributed by atoms with van der Waals surface area (Å²) in [5.41, 5.74) is 1.26. The van der Waals surface area contributed by atoms with Gasteiger partial charge in [-0.3, -0.25) is 4.79 Å². The Bertz CT molecular complexity index is 565. The van der Waals surface area contributed by atoms with Gasteiger partial charge in [0.25, 0.3) is 5.91 Å². The van der Waals surface area contributed by atoms with Crippen molar-refractivity contribution in [2.45, 2.75) is 12.5 Å². The zero-order chi connectivity index (χ0) is 14.8. The Labute approximate surface area is 123 Å². The molecular weight excluding hydrogens is 270 g/mol. The topological polar surface area (TPSA) is 65.4 Å². The number of carbonyl (C=O) groups is 1. The highest BCUT2D eigenvalue weighted by atomic mass is 16.6. The van der Waals surface area contributed by atoms with Crippen molar-refractivity contribution in [3.8, 4) is 5.75 Å². The monoisotopic (exact) mass is 289 g/mol. The van der Waals surface area contributed by atoms with Gasteiger partial charge in [0.2, 0.25) is 6.10 Å². The minimum absolute atomic E-state index is 0.0164. The number of likely N-dealkylation sites (N-methyl/N-ethyl adjacent to an activating group) is 1. The minimum Gasteiger partial charge on any atom is -0.507 e. The number of benzene rings is 1. The third kappa shape index (κ3) is 2.85. The molecule has 112 valence electrons. The summed E-state index contributed by atoms with van der Waals surface area (Å²) in [5.74, 6) is 0.143. The molecule has 1 fully saturated rings. The van der Waals surface area contributed by atoms with E-state index in [1.165, 1.54) is 0 Å². The van der Waals surface area contributed by atoms with Crippen LogP contribution in [-0.2, 0) is 9.63 Å². The second kappa shape index (κ2) is 5.73. The predicted octanol–water partition coefficient (Wildman–Crippen LogP) is 0.659. The summed E-state index contributed by atoms with van der Waals surface area (Å²) in [5, 5.41) is 13.8. The number of rotatable bonds is 2. The first-order valence-corrected chi connectivity index (χ1v) is 7.13. The van der Waals surface area contributed by atoms with Crippen LogP contribution in [0.4, 0.5) is 0 Å². The third-order valence-corrected chi connectivity index (χ3v) is 3.97. The van der Waals surface area contributed by atoms with Crippen LogP contribution < -0.4 is 0 Å². The number of piperazine rings is 1. The highest BCUT2D eigenvalue weighted by Gasteiger charge is 2.33. The van der Waals surface area contributed by atoms with Crippen LogP contribution in [0.2, 0.25) is 0 Å². The minimum atomic E-state index is -0.567. The fourth-order valence-electron chi connectivity index (χ4n) is 2.62.